The standard InChI is InChI=1S/C20H16O3.C12H14O3/c1-11-10-22-18-13(3)19-16(9-15(11)18)17(12(2)20(21)23-19)14-7-5-4-6-8-14;1-3-15-12(14)9(2)11(13)10-7-5-4-6-8-10/h4-10H,1-3H3;4-9H,3H2,1-2H3. The third kappa shape index (κ3) is 5.16. The van der Waals surface area contributed by atoms with Crippen molar-refractivity contribution in [1.29, 1.82) is 0 Å². The van der Waals surface area contributed by atoms with Gasteiger partial charge in [0.2, 0.25) is 0 Å². The lowest BCUT2D eigenvalue weighted by atomic mass is 9.95. The summed E-state index contributed by atoms with van der Waals surface area (Å²) in [6.45, 7) is 9.34. The normalized spacial score (nSPS) is 11.6. The maximum atomic E-state index is 12.3. The fourth-order valence-electron chi connectivity index (χ4n) is 4.43. The molecule has 0 radical (unpaired) electrons. The van der Waals surface area contributed by atoms with E-state index in [1.54, 1.807) is 44.4 Å². The average molecular weight is 511 g/mol. The zero-order chi connectivity index (χ0) is 27.4. The van der Waals surface area contributed by atoms with Gasteiger partial charge in [-0.15, -0.1) is 0 Å². The zero-order valence-electron chi connectivity index (χ0n) is 22.2. The summed E-state index contributed by atoms with van der Waals surface area (Å²) in [5, 5.41) is 2.00. The largest absolute Gasteiger partial charge is 0.465 e. The predicted molar refractivity (Wildman–Crippen MR) is 148 cm³/mol. The topological polar surface area (TPSA) is 86.7 Å². The Labute approximate surface area is 220 Å². The summed E-state index contributed by atoms with van der Waals surface area (Å²) in [5.74, 6) is -1.40. The predicted octanol–water partition coefficient (Wildman–Crippen LogP) is 7.20. The lowest BCUT2D eigenvalue weighted by molar-refractivity contribution is -0.145. The maximum absolute atomic E-state index is 12.3. The van der Waals surface area contributed by atoms with Crippen LogP contribution in [0.15, 0.2) is 86.6 Å². The summed E-state index contributed by atoms with van der Waals surface area (Å²) in [6, 6.07) is 20.8. The first-order chi connectivity index (χ1) is 18.2. The number of Topliss-reactive ketones (excluding diaryl/α,β-unsaturated/α-hetero) is 1. The molecule has 2 aromatic heterocycles. The van der Waals surface area contributed by atoms with E-state index in [2.05, 4.69) is 6.07 Å². The van der Waals surface area contributed by atoms with Gasteiger partial charge in [-0.05, 0) is 51.8 Å². The molecule has 0 N–H and O–H groups in total. The van der Waals surface area contributed by atoms with Crippen LogP contribution in [0.5, 0.6) is 0 Å². The SMILES string of the molecule is CCOC(=O)C(C)C(=O)c1ccccc1.Cc1c(-c2ccccc2)c2cc3c(C)coc3c(C)c2oc1=O. The molecule has 6 nitrogen and oxygen atoms in total. The van der Waals surface area contributed by atoms with Gasteiger partial charge in [0.15, 0.2) is 5.78 Å². The molecule has 1 atom stereocenters. The molecule has 38 heavy (non-hydrogen) atoms. The lowest BCUT2D eigenvalue weighted by Gasteiger charge is -2.11. The van der Waals surface area contributed by atoms with Crippen molar-refractivity contribution in [3.05, 3.63) is 106 Å². The van der Waals surface area contributed by atoms with Gasteiger partial charge in [0.05, 0.1) is 12.9 Å². The number of furan rings is 1. The Morgan fingerprint density at radius 3 is 2.13 bits per heavy atom. The molecule has 0 fully saturated rings. The Morgan fingerprint density at radius 2 is 1.50 bits per heavy atom. The minimum atomic E-state index is -0.729. The second kappa shape index (κ2) is 11.3. The van der Waals surface area contributed by atoms with Crippen LogP contribution >= 0.6 is 0 Å². The fourth-order valence-corrected chi connectivity index (χ4v) is 4.43. The van der Waals surface area contributed by atoms with Gasteiger partial charge in [-0.25, -0.2) is 4.79 Å². The number of hydrogen-bond acceptors (Lipinski definition) is 6. The average Bonchev–Trinajstić information content (AvgIpc) is 3.31. The van der Waals surface area contributed by atoms with Crippen molar-refractivity contribution in [2.75, 3.05) is 6.61 Å². The molecule has 1 unspecified atom stereocenters. The van der Waals surface area contributed by atoms with Crippen molar-refractivity contribution in [2.24, 2.45) is 5.92 Å². The van der Waals surface area contributed by atoms with E-state index in [1.165, 1.54) is 0 Å². The molecule has 0 aliphatic heterocycles. The first kappa shape index (κ1) is 26.6. The second-order valence-corrected chi connectivity index (χ2v) is 9.13. The van der Waals surface area contributed by atoms with Gasteiger partial charge < -0.3 is 13.6 Å². The zero-order valence-corrected chi connectivity index (χ0v) is 22.2. The number of ketones is 1. The molecule has 3 aromatic carbocycles. The van der Waals surface area contributed by atoms with E-state index in [0.29, 0.717) is 23.3 Å². The van der Waals surface area contributed by atoms with E-state index in [-0.39, 0.29) is 11.4 Å². The summed E-state index contributed by atoms with van der Waals surface area (Å²) in [4.78, 5) is 35.4. The highest BCUT2D eigenvalue weighted by Gasteiger charge is 2.23. The number of aryl methyl sites for hydroxylation is 2. The van der Waals surface area contributed by atoms with E-state index in [4.69, 9.17) is 13.6 Å². The Balaban J connectivity index is 0.000000196. The molecule has 0 saturated heterocycles. The molecule has 0 saturated carbocycles. The molecule has 5 rings (SSSR count). The fraction of sp³-hybridized carbons (Fsp3) is 0.219. The van der Waals surface area contributed by atoms with Gasteiger partial charge in [0, 0.05) is 33.0 Å². The number of carbonyl (C=O) groups excluding carboxylic acids is 2. The molecular formula is C32H30O6. The third-order valence-corrected chi connectivity index (χ3v) is 6.54. The second-order valence-electron chi connectivity index (χ2n) is 9.13. The smallest absolute Gasteiger partial charge is 0.339 e. The van der Waals surface area contributed by atoms with Crippen molar-refractivity contribution in [3.8, 4) is 11.1 Å². The van der Waals surface area contributed by atoms with Crippen LogP contribution in [-0.2, 0) is 9.53 Å². The summed E-state index contributed by atoms with van der Waals surface area (Å²) in [6.07, 6.45) is 1.74. The molecule has 0 aliphatic rings. The molecule has 0 aliphatic carbocycles. The van der Waals surface area contributed by atoms with Crippen molar-refractivity contribution in [1.82, 2.24) is 0 Å². The van der Waals surface area contributed by atoms with E-state index in [9.17, 15) is 14.4 Å². The highest BCUT2D eigenvalue weighted by atomic mass is 16.5. The third-order valence-electron chi connectivity index (χ3n) is 6.54. The minimum Gasteiger partial charge on any atom is -0.465 e. The van der Waals surface area contributed by atoms with Crippen molar-refractivity contribution in [2.45, 2.75) is 34.6 Å². The van der Waals surface area contributed by atoms with Crippen molar-refractivity contribution >= 4 is 33.7 Å². The monoisotopic (exact) mass is 510 g/mol. The van der Waals surface area contributed by atoms with Crippen LogP contribution in [0.1, 0.15) is 40.9 Å². The number of rotatable bonds is 5. The number of hydrogen-bond donors (Lipinski definition) is 0. The highest BCUT2D eigenvalue weighted by molar-refractivity contribution is 6.08. The summed E-state index contributed by atoms with van der Waals surface area (Å²) in [5.41, 5.74) is 6.13. The maximum Gasteiger partial charge on any atom is 0.339 e. The van der Waals surface area contributed by atoms with Crippen LogP contribution < -0.4 is 5.63 Å². The van der Waals surface area contributed by atoms with Gasteiger partial charge in [-0.1, -0.05) is 60.7 Å². The first-order valence-electron chi connectivity index (χ1n) is 12.5. The van der Waals surface area contributed by atoms with Gasteiger partial charge >= 0.3 is 11.6 Å². The molecule has 5 aromatic rings. The number of esters is 1. The van der Waals surface area contributed by atoms with E-state index < -0.39 is 11.9 Å². The van der Waals surface area contributed by atoms with Crippen LogP contribution in [0.25, 0.3) is 33.1 Å². The summed E-state index contributed by atoms with van der Waals surface area (Å²) >= 11 is 0. The Bertz CT molecular complexity index is 1660. The Hall–Kier alpha value is -4.45. The Morgan fingerprint density at radius 1 is 0.868 bits per heavy atom. The number of fused-ring (bicyclic) bond motifs is 2. The van der Waals surface area contributed by atoms with Gasteiger partial charge in [0.25, 0.3) is 0 Å². The quantitative estimate of drug-likeness (QED) is 0.108. The Kier molecular flexibility index (Phi) is 7.91. The summed E-state index contributed by atoms with van der Waals surface area (Å²) < 4.78 is 16.0. The van der Waals surface area contributed by atoms with Crippen LogP contribution in [0.4, 0.5) is 0 Å². The lowest BCUT2D eigenvalue weighted by Crippen LogP contribution is -2.23. The van der Waals surface area contributed by atoms with Gasteiger partial charge in [-0.2, -0.15) is 0 Å². The van der Waals surface area contributed by atoms with Crippen LogP contribution in [-0.4, -0.2) is 18.4 Å². The van der Waals surface area contributed by atoms with Crippen molar-refractivity contribution < 1.29 is 23.2 Å². The molecule has 0 spiro atoms. The number of benzene rings is 3. The first-order valence-corrected chi connectivity index (χ1v) is 12.5. The van der Waals surface area contributed by atoms with Crippen LogP contribution in [0.2, 0.25) is 0 Å². The molecule has 0 amide bonds. The molecule has 6 heteroatoms. The van der Waals surface area contributed by atoms with Gasteiger partial charge in [0.1, 0.15) is 17.1 Å². The van der Waals surface area contributed by atoms with Crippen molar-refractivity contribution in [3.63, 3.8) is 0 Å². The molecule has 194 valence electrons. The summed E-state index contributed by atoms with van der Waals surface area (Å²) in [7, 11) is 0. The number of ether oxygens (including phenoxy) is 1. The molecule has 0 bridgehead atoms. The van der Waals surface area contributed by atoms with E-state index in [1.807, 2.05) is 57.2 Å². The molecular weight excluding hydrogens is 480 g/mol. The molecule has 2 heterocycles. The van der Waals surface area contributed by atoms with Gasteiger partial charge in [-0.3, -0.25) is 9.59 Å². The van der Waals surface area contributed by atoms with Crippen LogP contribution in [0.3, 0.4) is 0 Å². The number of carbonyl (C=O) groups is 2. The van der Waals surface area contributed by atoms with E-state index in [0.717, 1.165) is 38.6 Å². The van der Waals surface area contributed by atoms with Crippen LogP contribution in [0, 0.1) is 26.7 Å². The minimum absolute atomic E-state index is 0.200. The van der Waals surface area contributed by atoms with E-state index >= 15 is 0 Å². The highest BCUT2D eigenvalue weighted by Crippen LogP contribution is 2.36.